The first-order valence-corrected chi connectivity index (χ1v) is 7.76. The maximum atomic E-state index is 4.92. The zero-order chi connectivity index (χ0) is 15.9. The molecule has 2 aromatic rings. The molecule has 0 saturated heterocycles. The maximum Gasteiger partial charge on any atom is 0.0936 e. The number of allylic oxidation sites excluding steroid dienone is 4. The van der Waals surface area contributed by atoms with Crippen molar-refractivity contribution in [3.05, 3.63) is 70.1 Å². The average Bonchev–Trinajstić information content (AvgIpc) is 3.01. The molecule has 2 heterocycles. The molecule has 0 saturated carbocycles. The summed E-state index contributed by atoms with van der Waals surface area (Å²) < 4.78 is 0. The molecule has 0 amide bonds. The average molecular weight is 290 g/mol. The molecule has 1 aliphatic rings. The lowest BCUT2D eigenvalue weighted by molar-refractivity contribution is 0.997. The van der Waals surface area contributed by atoms with Crippen molar-refractivity contribution in [2.75, 3.05) is 0 Å². The highest BCUT2D eigenvalue weighted by Crippen LogP contribution is 2.36. The molecule has 0 aliphatic heterocycles. The molecule has 0 radical (unpaired) electrons. The van der Waals surface area contributed by atoms with E-state index >= 15 is 0 Å². The second-order valence-electron chi connectivity index (χ2n) is 6.11. The van der Waals surface area contributed by atoms with Crippen LogP contribution >= 0.6 is 0 Å². The molecule has 0 aromatic carbocycles. The Kier molecular flexibility index (Phi) is 3.69. The van der Waals surface area contributed by atoms with Gasteiger partial charge in [0.25, 0.3) is 0 Å². The Morgan fingerprint density at radius 3 is 2.18 bits per heavy atom. The lowest BCUT2D eigenvalue weighted by Crippen LogP contribution is -2.07. The number of aromatic nitrogens is 2. The smallest absolute Gasteiger partial charge is 0.0936 e. The second-order valence-corrected chi connectivity index (χ2v) is 6.11. The van der Waals surface area contributed by atoms with Crippen LogP contribution in [-0.4, -0.2) is 9.97 Å². The molecular formula is C20H22N2. The van der Waals surface area contributed by atoms with Gasteiger partial charge >= 0.3 is 0 Å². The van der Waals surface area contributed by atoms with Gasteiger partial charge in [-0.15, -0.1) is 0 Å². The SMILES string of the molecule is Cc1ccnc(-c2nc(C)c(C)c(C)c2C2C=CC=C2)c1C. The number of pyridine rings is 2. The minimum absolute atomic E-state index is 0.295. The minimum atomic E-state index is 0.295. The van der Waals surface area contributed by atoms with E-state index < -0.39 is 0 Å². The van der Waals surface area contributed by atoms with E-state index in [4.69, 9.17) is 4.98 Å². The van der Waals surface area contributed by atoms with Gasteiger partial charge in [-0.1, -0.05) is 24.3 Å². The largest absolute Gasteiger partial charge is 0.254 e. The third kappa shape index (κ3) is 2.29. The number of aryl methyl sites for hydroxylation is 2. The quantitative estimate of drug-likeness (QED) is 0.786. The van der Waals surface area contributed by atoms with E-state index in [9.17, 15) is 0 Å². The van der Waals surface area contributed by atoms with Gasteiger partial charge in [0, 0.05) is 17.8 Å². The summed E-state index contributed by atoms with van der Waals surface area (Å²) in [7, 11) is 0. The van der Waals surface area contributed by atoms with Gasteiger partial charge in [0.05, 0.1) is 11.4 Å². The van der Waals surface area contributed by atoms with Crippen molar-refractivity contribution in [1.82, 2.24) is 9.97 Å². The van der Waals surface area contributed by atoms with Crippen molar-refractivity contribution in [2.45, 2.75) is 40.5 Å². The van der Waals surface area contributed by atoms with Gasteiger partial charge in [-0.2, -0.15) is 0 Å². The van der Waals surface area contributed by atoms with E-state index in [0.29, 0.717) is 5.92 Å². The van der Waals surface area contributed by atoms with E-state index in [0.717, 1.165) is 17.1 Å². The van der Waals surface area contributed by atoms with Crippen molar-refractivity contribution in [2.24, 2.45) is 0 Å². The molecular weight excluding hydrogens is 268 g/mol. The van der Waals surface area contributed by atoms with Gasteiger partial charge in [-0.05, 0) is 68.5 Å². The molecule has 0 atom stereocenters. The van der Waals surface area contributed by atoms with Gasteiger partial charge < -0.3 is 0 Å². The second kappa shape index (κ2) is 5.53. The van der Waals surface area contributed by atoms with Crippen molar-refractivity contribution >= 4 is 0 Å². The fourth-order valence-corrected chi connectivity index (χ4v) is 3.05. The van der Waals surface area contributed by atoms with Gasteiger partial charge in [0.1, 0.15) is 0 Å². The summed E-state index contributed by atoms with van der Waals surface area (Å²) in [5.74, 6) is 0.295. The van der Waals surface area contributed by atoms with Crippen LogP contribution in [0.15, 0.2) is 36.6 Å². The third-order valence-electron chi connectivity index (χ3n) is 4.82. The summed E-state index contributed by atoms with van der Waals surface area (Å²) in [5, 5.41) is 0. The first kappa shape index (κ1) is 14.7. The van der Waals surface area contributed by atoms with E-state index in [-0.39, 0.29) is 0 Å². The lowest BCUT2D eigenvalue weighted by atomic mass is 9.89. The predicted molar refractivity (Wildman–Crippen MR) is 92.2 cm³/mol. The molecule has 112 valence electrons. The fourth-order valence-electron chi connectivity index (χ4n) is 3.05. The topological polar surface area (TPSA) is 25.8 Å². The van der Waals surface area contributed by atoms with Crippen LogP contribution < -0.4 is 0 Å². The Hall–Kier alpha value is -2.22. The third-order valence-corrected chi connectivity index (χ3v) is 4.82. The Balaban J connectivity index is 2.33. The summed E-state index contributed by atoms with van der Waals surface area (Å²) >= 11 is 0. The summed E-state index contributed by atoms with van der Waals surface area (Å²) in [6.45, 7) is 10.7. The fraction of sp³-hybridized carbons (Fsp3) is 0.300. The summed E-state index contributed by atoms with van der Waals surface area (Å²) in [4.78, 5) is 9.56. The number of hydrogen-bond donors (Lipinski definition) is 0. The Morgan fingerprint density at radius 1 is 0.818 bits per heavy atom. The number of hydrogen-bond acceptors (Lipinski definition) is 2. The summed E-state index contributed by atoms with van der Waals surface area (Å²) in [5.41, 5.74) is 9.48. The first-order chi connectivity index (χ1) is 10.5. The van der Waals surface area contributed by atoms with Crippen molar-refractivity contribution in [3.8, 4) is 11.4 Å². The van der Waals surface area contributed by atoms with Gasteiger partial charge in [-0.3, -0.25) is 9.97 Å². The minimum Gasteiger partial charge on any atom is -0.254 e. The molecule has 2 nitrogen and oxygen atoms in total. The highest BCUT2D eigenvalue weighted by molar-refractivity contribution is 5.68. The van der Waals surface area contributed by atoms with Crippen LogP contribution in [0.2, 0.25) is 0 Å². The van der Waals surface area contributed by atoms with Crippen molar-refractivity contribution in [3.63, 3.8) is 0 Å². The van der Waals surface area contributed by atoms with Gasteiger partial charge in [0.15, 0.2) is 0 Å². The first-order valence-electron chi connectivity index (χ1n) is 7.76. The molecule has 0 unspecified atom stereocenters. The van der Waals surface area contributed by atoms with Gasteiger partial charge in [-0.25, -0.2) is 0 Å². The zero-order valence-electron chi connectivity index (χ0n) is 13.9. The van der Waals surface area contributed by atoms with Crippen LogP contribution in [0.1, 0.15) is 39.4 Å². The lowest BCUT2D eigenvalue weighted by Gasteiger charge is -2.20. The van der Waals surface area contributed by atoms with E-state index in [2.05, 4.69) is 70.0 Å². The molecule has 0 bridgehead atoms. The molecule has 0 fully saturated rings. The number of rotatable bonds is 2. The van der Waals surface area contributed by atoms with Crippen LogP contribution in [0.5, 0.6) is 0 Å². The van der Waals surface area contributed by atoms with Crippen molar-refractivity contribution < 1.29 is 0 Å². The monoisotopic (exact) mass is 290 g/mol. The maximum absolute atomic E-state index is 4.92. The normalized spacial score (nSPS) is 14.0. The molecule has 2 heteroatoms. The van der Waals surface area contributed by atoms with Crippen LogP contribution in [0, 0.1) is 34.6 Å². The molecule has 2 aromatic heterocycles. The Bertz CT molecular complexity index is 786. The van der Waals surface area contributed by atoms with Crippen LogP contribution in [0.4, 0.5) is 0 Å². The molecule has 1 aliphatic carbocycles. The summed E-state index contributed by atoms with van der Waals surface area (Å²) in [6.07, 6.45) is 10.6. The van der Waals surface area contributed by atoms with Crippen molar-refractivity contribution in [1.29, 1.82) is 0 Å². The van der Waals surface area contributed by atoms with E-state index in [1.807, 2.05) is 6.20 Å². The number of nitrogens with zero attached hydrogens (tertiary/aromatic N) is 2. The van der Waals surface area contributed by atoms with Crippen LogP contribution in [-0.2, 0) is 0 Å². The summed E-state index contributed by atoms with van der Waals surface area (Å²) in [6, 6.07) is 2.06. The Labute approximate surface area is 132 Å². The van der Waals surface area contributed by atoms with Gasteiger partial charge in [0.2, 0.25) is 0 Å². The molecule has 0 spiro atoms. The Morgan fingerprint density at radius 2 is 1.50 bits per heavy atom. The standard InChI is InChI=1S/C20H22N2/c1-12-10-11-21-19(13(12)2)20-18(17-8-6-7-9-17)15(4)14(3)16(5)22-20/h6-11,17H,1-5H3. The highest BCUT2D eigenvalue weighted by atomic mass is 14.8. The molecule has 22 heavy (non-hydrogen) atoms. The molecule has 0 N–H and O–H groups in total. The predicted octanol–water partition coefficient (Wildman–Crippen LogP) is 4.90. The highest BCUT2D eigenvalue weighted by Gasteiger charge is 2.22. The van der Waals surface area contributed by atoms with E-state index in [1.54, 1.807) is 0 Å². The zero-order valence-corrected chi connectivity index (χ0v) is 13.9. The van der Waals surface area contributed by atoms with Crippen LogP contribution in [0.25, 0.3) is 11.4 Å². The van der Waals surface area contributed by atoms with Crippen LogP contribution in [0.3, 0.4) is 0 Å². The van der Waals surface area contributed by atoms with E-state index in [1.165, 1.54) is 27.8 Å². The molecule has 3 rings (SSSR count).